The maximum Gasteiger partial charge on any atom is 0.429 e. The van der Waals surface area contributed by atoms with Gasteiger partial charge in [-0.2, -0.15) is 8.78 Å². The van der Waals surface area contributed by atoms with Crippen LogP contribution in [0.4, 0.5) is 26.3 Å². The molecule has 0 aliphatic carbocycles. The maximum atomic E-state index is 13.8. The molecule has 0 amide bonds. The molecule has 0 atom stereocenters. The lowest BCUT2D eigenvalue weighted by Crippen LogP contribution is -2.23. The van der Waals surface area contributed by atoms with Crippen LogP contribution in [0.2, 0.25) is 0 Å². The van der Waals surface area contributed by atoms with E-state index in [2.05, 4.69) is 20.7 Å². The summed E-state index contributed by atoms with van der Waals surface area (Å²) in [6.45, 7) is 0. The number of hydrogen-bond donors (Lipinski definition) is 0. The molecule has 0 saturated carbocycles. The van der Waals surface area contributed by atoms with Crippen LogP contribution in [0, 0.1) is 23.3 Å². The molecule has 8 heteroatoms. The molecule has 0 aliphatic heterocycles. The van der Waals surface area contributed by atoms with E-state index in [0.29, 0.717) is 0 Å². The quantitative estimate of drug-likeness (QED) is 0.537. The van der Waals surface area contributed by atoms with Crippen molar-refractivity contribution in [2.75, 3.05) is 0 Å². The number of halogens is 7. The van der Waals surface area contributed by atoms with Crippen LogP contribution < -0.4 is 4.74 Å². The van der Waals surface area contributed by atoms with E-state index in [1.54, 1.807) is 0 Å². The van der Waals surface area contributed by atoms with Crippen molar-refractivity contribution in [2.45, 2.75) is 6.11 Å². The van der Waals surface area contributed by atoms with Gasteiger partial charge in [-0.25, -0.2) is 17.6 Å². The second-order valence-electron chi connectivity index (χ2n) is 3.94. The van der Waals surface area contributed by atoms with E-state index in [9.17, 15) is 26.3 Å². The maximum absolute atomic E-state index is 13.8. The van der Waals surface area contributed by atoms with E-state index in [1.807, 2.05) is 0 Å². The van der Waals surface area contributed by atoms with Crippen molar-refractivity contribution >= 4 is 15.9 Å². The van der Waals surface area contributed by atoms with Crippen LogP contribution in [-0.2, 0) is 6.11 Å². The van der Waals surface area contributed by atoms with Gasteiger partial charge >= 0.3 is 6.11 Å². The summed E-state index contributed by atoms with van der Waals surface area (Å²) in [5.41, 5.74) is -1.13. The minimum atomic E-state index is -4.19. The van der Waals surface area contributed by atoms with Crippen molar-refractivity contribution in [3.8, 4) is 5.75 Å². The predicted molar refractivity (Wildman–Crippen MR) is 64.9 cm³/mol. The van der Waals surface area contributed by atoms with Crippen molar-refractivity contribution in [2.24, 2.45) is 0 Å². The van der Waals surface area contributed by atoms with Crippen LogP contribution in [0.1, 0.15) is 5.56 Å². The zero-order chi connectivity index (χ0) is 15.8. The molecule has 0 fully saturated rings. The molecule has 0 spiro atoms. The highest BCUT2D eigenvalue weighted by atomic mass is 79.9. The Balaban J connectivity index is 2.37. The smallest absolute Gasteiger partial charge is 0.429 e. The van der Waals surface area contributed by atoms with Crippen molar-refractivity contribution in [3.05, 3.63) is 63.6 Å². The SMILES string of the molecule is Fc1cc(Br)ccc1C(F)(F)Oc1cc(F)c(F)c(F)c1. The van der Waals surface area contributed by atoms with E-state index < -0.39 is 40.7 Å². The molecule has 112 valence electrons. The predicted octanol–water partition coefficient (Wildman–Crippen LogP) is 5.13. The van der Waals surface area contributed by atoms with Crippen molar-refractivity contribution in [1.82, 2.24) is 0 Å². The molecule has 21 heavy (non-hydrogen) atoms. The average Bonchev–Trinajstić information content (AvgIpc) is 2.34. The molecule has 0 heterocycles. The number of ether oxygens (including phenoxy) is 1. The Hall–Kier alpha value is -1.70. The van der Waals surface area contributed by atoms with Crippen molar-refractivity contribution < 1.29 is 31.1 Å². The summed E-state index contributed by atoms with van der Waals surface area (Å²) in [5.74, 6) is -7.47. The lowest BCUT2D eigenvalue weighted by Gasteiger charge is -2.19. The van der Waals surface area contributed by atoms with E-state index in [1.165, 1.54) is 0 Å². The Labute approximate surface area is 123 Å². The molecule has 0 radical (unpaired) electrons. The van der Waals surface area contributed by atoms with Gasteiger partial charge in [-0.3, -0.25) is 0 Å². The second kappa shape index (κ2) is 5.59. The van der Waals surface area contributed by atoms with Crippen LogP contribution in [0.15, 0.2) is 34.8 Å². The van der Waals surface area contributed by atoms with Gasteiger partial charge in [0.25, 0.3) is 0 Å². The summed E-state index contributed by atoms with van der Waals surface area (Å²) < 4.78 is 83.9. The first-order chi connectivity index (χ1) is 9.70. The van der Waals surface area contributed by atoms with Crippen molar-refractivity contribution in [1.29, 1.82) is 0 Å². The van der Waals surface area contributed by atoms with Gasteiger partial charge < -0.3 is 4.74 Å². The largest absolute Gasteiger partial charge is 0.429 e. The van der Waals surface area contributed by atoms with Crippen LogP contribution in [0.25, 0.3) is 0 Å². The summed E-state index contributed by atoms with van der Waals surface area (Å²) in [7, 11) is 0. The first-order valence-corrected chi connectivity index (χ1v) is 6.17. The van der Waals surface area contributed by atoms with Crippen LogP contribution in [0.3, 0.4) is 0 Å². The second-order valence-corrected chi connectivity index (χ2v) is 4.86. The fraction of sp³-hybridized carbons (Fsp3) is 0.0769. The molecule has 2 aromatic rings. The van der Waals surface area contributed by atoms with Crippen molar-refractivity contribution in [3.63, 3.8) is 0 Å². The molecule has 2 rings (SSSR count). The van der Waals surface area contributed by atoms with E-state index in [-0.39, 0.29) is 16.6 Å². The van der Waals surface area contributed by atoms with Gasteiger partial charge in [-0.15, -0.1) is 0 Å². The Morgan fingerprint density at radius 1 is 0.857 bits per heavy atom. The Bertz CT molecular complexity index is 665. The van der Waals surface area contributed by atoms with Gasteiger partial charge in [-0.1, -0.05) is 15.9 Å². The van der Waals surface area contributed by atoms with Crippen LogP contribution in [-0.4, -0.2) is 0 Å². The topological polar surface area (TPSA) is 9.23 Å². The molecule has 1 nitrogen and oxygen atoms in total. The monoisotopic (exact) mass is 370 g/mol. The average molecular weight is 371 g/mol. The third-order valence-electron chi connectivity index (χ3n) is 2.45. The summed E-state index contributed by atoms with van der Waals surface area (Å²) in [4.78, 5) is 0. The minimum absolute atomic E-state index is 0.221. The fourth-order valence-corrected chi connectivity index (χ4v) is 1.85. The van der Waals surface area contributed by atoms with Gasteiger partial charge in [0.15, 0.2) is 17.5 Å². The normalized spacial score (nSPS) is 11.6. The summed E-state index contributed by atoms with van der Waals surface area (Å²) in [6.07, 6.45) is -4.19. The third-order valence-corrected chi connectivity index (χ3v) is 2.94. The van der Waals surface area contributed by atoms with Crippen LogP contribution >= 0.6 is 15.9 Å². The van der Waals surface area contributed by atoms with Gasteiger partial charge in [0, 0.05) is 16.6 Å². The Morgan fingerprint density at radius 3 is 1.95 bits per heavy atom. The molecule has 0 aliphatic rings. The Kier molecular flexibility index (Phi) is 4.18. The van der Waals surface area contributed by atoms with E-state index in [4.69, 9.17) is 0 Å². The standard InChI is InChI=1S/C13H5BrF6O/c14-6-1-2-8(9(15)3-6)13(19,20)21-7-4-10(16)12(18)11(17)5-7/h1-5H. The summed E-state index contributed by atoms with van der Waals surface area (Å²) >= 11 is 2.89. The lowest BCUT2D eigenvalue weighted by molar-refractivity contribution is -0.187. The zero-order valence-corrected chi connectivity index (χ0v) is 11.5. The molecule has 0 unspecified atom stereocenters. The number of benzene rings is 2. The minimum Gasteiger partial charge on any atom is -0.429 e. The summed E-state index contributed by atoms with van der Waals surface area (Å²) in [6, 6.07) is 3.14. The number of alkyl halides is 2. The molecular weight excluding hydrogens is 366 g/mol. The summed E-state index contributed by atoms with van der Waals surface area (Å²) in [5, 5.41) is 0. The highest BCUT2D eigenvalue weighted by Gasteiger charge is 2.38. The van der Waals surface area contributed by atoms with Gasteiger partial charge in [0.2, 0.25) is 0 Å². The highest BCUT2D eigenvalue weighted by Crippen LogP contribution is 2.34. The van der Waals surface area contributed by atoms with Gasteiger partial charge in [0.1, 0.15) is 17.1 Å². The Morgan fingerprint density at radius 2 is 1.43 bits per heavy atom. The lowest BCUT2D eigenvalue weighted by atomic mass is 10.2. The van der Waals surface area contributed by atoms with Crippen LogP contribution in [0.5, 0.6) is 5.75 Å². The molecule has 0 N–H and O–H groups in total. The first-order valence-electron chi connectivity index (χ1n) is 5.37. The molecule has 0 aromatic heterocycles. The zero-order valence-electron chi connectivity index (χ0n) is 9.94. The molecule has 0 saturated heterocycles. The van der Waals surface area contributed by atoms with E-state index >= 15 is 0 Å². The molecule has 2 aromatic carbocycles. The third kappa shape index (κ3) is 3.31. The number of rotatable bonds is 3. The number of hydrogen-bond acceptors (Lipinski definition) is 1. The highest BCUT2D eigenvalue weighted by molar-refractivity contribution is 9.10. The first kappa shape index (κ1) is 15.7. The van der Waals surface area contributed by atoms with Gasteiger partial charge in [0.05, 0.1) is 0 Å². The van der Waals surface area contributed by atoms with E-state index in [0.717, 1.165) is 18.2 Å². The fourth-order valence-electron chi connectivity index (χ4n) is 1.52. The van der Waals surface area contributed by atoms with Gasteiger partial charge in [-0.05, 0) is 18.2 Å². The molecule has 0 bridgehead atoms. The molecular formula is C13H5BrF6O.